The van der Waals surface area contributed by atoms with Crippen molar-refractivity contribution >= 4 is 5.91 Å². The summed E-state index contributed by atoms with van der Waals surface area (Å²) in [5, 5.41) is 6.23. The van der Waals surface area contributed by atoms with Crippen LogP contribution < -0.4 is 15.4 Å². The summed E-state index contributed by atoms with van der Waals surface area (Å²) in [6.07, 6.45) is 3.92. The molecule has 19 heavy (non-hydrogen) atoms. The van der Waals surface area contributed by atoms with Crippen LogP contribution in [0.3, 0.4) is 0 Å². The van der Waals surface area contributed by atoms with Crippen molar-refractivity contribution < 1.29 is 9.53 Å². The van der Waals surface area contributed by atoms with Gasteiger partial charge in [0.05, 0.1) is 6.61 Å². The molecule has 0 unspecified atom stereocenters. The summed E-state index contributed by atoms with van der Waals surface area (Å²) < 4.78 is 5.55. The number of rotatable bonds is 9. The van der Waals surface area contributed by atoms with Crippen molar-refractivity contribution in [1.29, 1.82) is 0 Å². The van der Waals surface area contributed by atoms with Crippen molar-refractivity contribution in [3.63, 3.8) is 0 Å². The third kappa shape index (κ3) is 6.25. The molecule has 1 saturated carbocycles. The molecule has 0 saturated heterocycles. The van der Waals surface area contributed by atoms with Crippen molar-refractivity contribution in [2.45, 2.75) is 31.7 Å². The molecular formula is C15H22N2O2. The molecule has 0 heterocycles. The molecule has 0 spiro atoms. The lowest BCUT2D eigenvalue weighted by Gasteiger charge is -2.07. The Morgan fingerprint density at radius 1 is 1.21 bits per heavy atom. The summed E-state index contributed by atoms with van der Waals surface area (Å²) >= 11 is 0. The normalized spacial score (nSPS) is 14.1. The molecule has 0 aromatic heterocycles. The van der Waals surface area contributed by atoms with Gasteiger partial charge < -0.3 is 15.4 Å². The van der Waals surface area contributed by atoms with Crippen LogP contribution in [0.2, 0.25) is 0 Å². The Morgan fingerprint density at radius 2 is 2.00 bits per heavy atom. The van der Waals surface area contributed by atoms with Crippen molar-refractivity contribution in [3.05, 3.63) is 30.3 Å². The van der Waals surface area contributed by atoms with Crippen LogP contribution in [-0.2, 0) is 4.79 Å². The van der Waals surface area contributed by atoms with Gasteiger partial charge in [-0.15, -0.1) is 0 Å². The van der Waals surface area contributed by atoms with Gasteiger partial charge in [-0.1, -0.05) is 18.2 Å². The molecule has 2 rings (SSSR count). The molecule has 0 aliphatic heterocycles. The Balaban J connectivity index is 1.43. The topological polar surface area (TPSA) is 50.4 Å². The number of para-hydroxylation sites is 1. The van der Waals surface area contributed by atoms with Gasteiger partial charge in [0.15, 0.2) is 0 Å². The molecule has 2 N–H and O–H groups in total. The van der Waals surface area contributed by atoms with Gasteiger partial charge in [-0.3, -0.25) is 4.79 Å². The lowest BCUT2D eigenvalue weighted by atomic mass is 10.3. The summed E-state index contributed by atoms with van der Waals surface area (Å²) in [5.74, 6) is 0.996. The number of carbonyl (C=O) groups is 1. The zero-order valence-electron chi connectivity index (χ0n) is 11.2. The molecule has 1 aromatic carbocycles. The van der Waals surface area contributed by atoms with E-state index in [0.29, 0.717) is 25.6 Å². The molecule has 4 nitrogen and oxygen atoms in total. The third-order valence-corrected chi connectivity index (χ3v) is 3.02. The molecule has 1 aromatic rings. The molecule has 104 valence electrons. The zero-order valence-corrected chi connectivity index (χ0v) is 11.2. The second kappa shape index (κ2) is 7.79. The lowest BCUT2D eigenvalue weighted by Crippen LogP contribution is -2.29. The predicted octanol–water partition coefficient (Wildman–Crippen LogP) is 1.71. The van der Waals surface area contributed by atoms with Crippen LogP contribution in [0, 0.1) is 0 Å². The van der Waals surface area contributed by atoms with Gasteiger partial charge in [0.2, 0.25) is 5.91 Å². The minimum absolute atomic E-state index is 0.118. The zero-order chi connectivity index (χ0) is 13.3. The predicted molar refractivity (Wildman–Crippen MR) is 75.2 cm³/mol. The standard InChI is InChI=1S/C15H22N2O2/c18-15(9-11-16-13-7-8-13)17-10-4-12-19-14-5-2-1-3-6-14/h1-3,5-6,13,16H,4,7-12H2,(H,17,18). The number of ether oxygens (including phenoxy) is 1. The van der Waals surface area contributed by atoms with Gasteiger partial charge in [0.1, 0.15) is 5.75 Å². The number of hydrogen-bond donors (Lipinski definition) is 2. The highest BCUT2D eigenvalue weighted by atomic mass is 16.5. The number of amides is 1. The van der Waals surface area contributed by atoms with Gasteiger partial charge >= 0.3 is 0 Å². The Labute approximate surface area is 114 Å². The molecular weight excluding hydrogens is 240 g/mol. The van der Waals surface area contributed by atoms with E-state index in [1.807, 2.05) is 30.3 Å². The number of hydrogen-bond acceptors (Lipinski definition) is 3. The highest BCUT2D eigenvalue weighted by molar-refractivity contribution is 5.75. The first-order valence-electron chi connectivity index (χ1n) is 7.02. The van der Waals surface area contributed by atoms with Crippen molar-refractivity contribution in [3.8, 4) is 5.75 Å². The van der Waals surface area contributed by atoms with Gasteiger partial charge in [-0.2, -0.15) is 0 Å². The monoisotopic (exact) mass is 262 g/mol. The van der Waals surface area contributed by atoms with Gasteiger partial charge in [-0.25, -0.2) is 0 Å². The average molecular weight is 262 g/mol. The third-order valence-electron chi connectivity index (χ3n) is 3.02. The molecule has 0 radical (unpaired) electrons. The fraction of sp³-hybridized carbons (Fsp3) is 0.533. The van der Waals surface area contributed by atoms with E-state index in [1.165, 1.54) is 12.8 Å². The fourth-order valence-corrected chi connectivity index (χ4v) is 1.77. The highest BCUT2D eigenvalue weighted by Crippen LogP contribution is 2.18. The van der Waals surface area contributed by atoms with Crippen molar-refractivity contribution in [2.75, 3.05) is 19.7 Å². The van der Waals surface area contributed by atoms with Crippen molar-refractivity contribution in [1.82, 2.24) is 10.6 Å². The van der Waals surface area contributed by atoms with E-state index in [9.17, 15) is 4.79 Å². The number of benzene rings is 1. The number of nitrogens with one attached hydrogen (secondary N) is 2. The maximum atomic E-state index is 11.5. The van der Waals surface area contributed by atoms with Gasteiger partial charge in [0, 0.05) is 25.6 Å². The SMILES string of the molecule is O=C(CCNC1CC1)NCCCOc1ccccc1. The molecule has 0 bridgehead atoms. The van der Waals surface area contributed by atoms with E-state index in [0.717, 1.165) is 18.7 Å². The van der Waals surface area contributed by atoms with E-state index in [-0.39, 0.29) is 5.91 Å². The van der Waals surface area contributed by atoms with Crippen LogP contribution in [0.15, 0.2) is 30.3 Å². The van der Waals surface area contributed by atoms with E-state index in [4.69, 9.17) is 4.74 Å². The second-order valence-corrected chi connectivity index (χ2v) is 4.84. The highest BCUT2D eigenvalue weighted by Gasteiger charge is 2.19. The first kappa shape index (κ1) is 13.9. The summed E-state index contributed by atoms with van der Waals surface area (Å²) in [6, 6.07) is 10.4. The van der Waals surface area contributed by atoms with E-state index < -0.39 is 0 Å². The summed E-state index contributed by atoms with van der Waals surface area (Å²) in [6.45, 7) is 2.09. The van der Waals surface area contributed by atoms with Gasteiger partial charge in [-0.05, 0) is 31.4 Å². The molecule has 1 aliphatic rings. The van der Waals surface area contributed by atoms with E-state index in [1.54, 1.807) is 0 Å². The summed E-state index contributed by atoms with van der Waals surface area (Å²) in [7, 11) is 0. The molecule has 0 atom stereocenters. The van der Waals surface area contributed by atoms with Crippen LogP contribution in [-0.4, -0.2) is 31.6 Å². The minimum atomic E-state index is 0.118. The second-order valence-electron chi connectivity index (χ2n) is 4.84. The minimum Gasteiger partial charge on any atom is -0.494 e. The summed E-state index contributed by atoms with van der Waals surface area (Å²) in [4.78, 5) is 11.5. The molecule has 1 aliphatic carbocycles. The Kier molecular flexibility index (Phi) is 5.69. The van der Waals surface area contributed by atoms with Crippen LogP contribution in [0.25, 0.3) is 0 Å². The van der Waals surface area contributed by atoms with Gasteiger partial charge in [0.25, 0.3) is 0 Å². The van der Waals surface area contributed by atoms with Crippen LogP contribution in [0.1, 0.15) is 25.7 Å². The van der Waals surface area contributed by atoms with E-state index >= 15 is 0 Å². The summed E-state index contributed by atoms with van der Waals surface area (Å²) in [5.41, 5.74) is 0. The Bertz CT molecular complexity index is 377. The largest absolute Gasteiger partial charge is 0.494 e. The molecule has 4 heteroatoms. The molecule has 1 fully saturated rings. The average Bonchev–Trinajstić information content (AvgIpc) is 3.24. The smallest absolute Gasteiger partial charge is 0.221 e. The van der Waals surface area contributed by atoms with E-state index in [2.05, 4.69) is 10.6 Å². The first-order chi connectivity index (χ1) is 9.34. The maximum absolute atomic E-state index is 11.5. The Morgan fingerprint density at radius 3 is 2.74 bits per heavy atom. The fourth-order valence-electron chi connectivity index (χ4n) is 1.77. The van der Waals surface area contributed by atoms with Crippen LogP contribution in [0.5, 0.6) is 5.75 Å². The quantitative estimate of drug-likeness (QED) is 0.666. The molecule has 1 amide bonds. The lowest BCUT2D eigenvalue weighted by molar-refractivity contribution is -0.121. The maximum Gasteiger partial charge on any atom is 0.221 e. The Hall–Kier alpha value is -1.55. The first-order valence-corrected chi connectivity index (χ1v) is 7.02. The van der Waals surface area contributed by atoms with Crippen LogP contribution >= 0.6 is 0 Å². The van der Waals surface area contributed by atoms with Crippen LogP contribution in [0.4, 0.5) is 0 Å². The van der Waals surface area contributed by atoms with Crippen molar-refractivity contribution in [2.24, 2.45) is 0 Å². The number of carbonyl (C=O) groups excluding carboxylic acids is 1.